The third kappa shape index (κ3) is 5.31. The van der Waals surface area contributed by atoms with Crippen LogP contribution in [0, 0.1) is 13.8 Å². The molecular formula is C23H25N3O3. The number of benzene rings is 2. The molecule has 6 nitrogen and oxygen atoms in total. The fraction of sp³-hybridized carbons (Fsp3) is 0.261. The zero-order valence-corrected chi connectivity index (χ0v) is 16.9. The Kier molecular flexibility index (Phi) is 6.44. The van der Waals surface area contributed by atoms with E-state index in [-0.39, 0.29) is 11.5 Å². The number of carbonyl (C=O) groups excluding carboxylic acids is 1. The number of rotatable bonds is 7. The first-order chi connectivity index (χ1) is 14.0. The molecule has 1 N–H and O–H groups in total. The highest BCUT2D eigenvalue weighted by atomic mass is 16.5. The van der Waals surface area contributed by atoms with Crippen LogP contribution in [0.3, 0.4) is 0 Å². The summed E-state index contributed by atoms with van der Waals surface area (Å²) in [5.41, 5.74) is 4.52. The molecule has 0 atom stereocenters. The van der Waals surface area contributed by atoms with Crippen molar-refractivity contribution in [3.63, 3.8) is 0 Å². The van der Waals surface area contributed by atoms with Gasteiger partial charge in [0.1, 0.15) is 5.75 Å². The van der Waals surface area contributed by atoms with Gasteiger partial charge in [0.15, 0.2) is 0 Å². The minimum Gasteiger partial charge on any atom is -0.497 e. The Hall–Kier alpha value is -3.41. The molecule has 0 saturated carbocycles. The number of nitrogens with one attached hydrogen (secondary N) is 1. The largest absolute Gasteiger partial charge is 0.497 e. The number of hydrogen-bond donors (Lipinski definition) is 1. The lowest BCUT2D eigenvalue weighted by Crippen LogP contribution is -2.23. The van der Waals surface area contributed by atoms with E-state index >= 15 is 0 Å². The second kappa shape index (κ2) is 9.19. The van der Waals surface area contributed by atoms with Crippen molar-refractivity contribution in [2.75, 3.05) is 12.4 Å². The van der Waals surface area contributed by atoms with Crippen molar-refractivity contribution in [1.29, 1.82) is 0 Å². The molecule has 3 rings (SSSR count). The van der Waals surface area contributed by atoms with E-state index in [1.807, 2.05) is 56.3 Å². The number of ether oxygens (including phenoxy) is 1. The van der Waals surface area contributed by atoms with Crippen molar-refractivity contribution in [2.24, 2.45) is 0 Å². The number of methoxy groups -OCH3 is 1. The molecule has 1 aromatic heterocycles. The van der Waals surface area contributed by atoms with Crippen molar-refractivity contribution < 1.29 is 9.53 Å². The number of hydrogen-bond acceptors (Lipinski definition) is 4. The second-order valence-corrected chi connectivity index (χ2v) is 6.96. The third-order valence-electron chi connectivity index (χ3n) is 4.82. The van der Waals surface area contributed by atoms with Gasteiger partial charge in [-0.2, -0.15) is 5.10 Å². The van der Waals surface area contributed by atoms with Gasteiger partial charge in [0.2, 0.25) is 5.91 Å². The Morgan fingerprint density at radius 1 is 1.03 bits per heavy atom. The van der Waals surface area contributed by atoms with Crippen LogP contribution in [0.2, 0.25) is 0 Å². The van der Waals surface area contributed by atoms with Gasteiger partial charge in [-0.3, -0.25) is 9.59 Å². The number of amides is 1. The average Bonchev–Trinajstić information content (AvgIpc) is 2.72. The topological polar surface area (TPSA) is 73.2 Å². The Morgan fingerprint density at radius 2 is 1.79 bits per heavy atom. The maximum atomic E-state index is 12.2. The van der Waals surface area contributed by atoms with Crippen LogP contribution >= 0.6 is 0 Å². The predicted molar refractivity (Wildman–Crippen MR) is 114 cm³/mol. The van der Waals surface area contributed by atoms with Gasteiger partial charge in [0.25, 0.3) is 5.56 Å². The van der Waals surface area contributed by atoms with Gasteiger partial charge >= 0.3 is 0 Å². The first-order valence-corrected chi connectivity index (χ1v) is 9.56. The number of aromatic nitrogens is 2. The smallest absolute Gasteiger partial charge is 0.266 e. The molecule has 6 heteroatoms. The molecule has 0 spiro atoms. The molecule has 0 unspecified atom stereocenters. The SMILES string of the molecule is COc1ccc(-c2ccc(=O)n(CCCC(=O)Nc3ccc(C)c(C)c3)n2)cc1. The van der Waals surface area contributed by atoms with Gasteiger partial charge in [-0.15, -0.1) is 0 Å². The summed E-state index contributed by atoms with van der Waals surface area (Å²) in [6.45, 7) is 4.42. The van der Waals surface area contributed by atoms with Gasteiger partial charge in [-0.1, -0.05) is 6.07 Å². The van der Waals surface area contributed by atoms with Gasteiger partial charge in [0, 0.05) is 30.3 Å². The molecule has 29 heavy (non-hydrogen) atoms. The molecule has 0 fully saturated rings. The summed E-state index contributed by atoms with van der Waals surface area (Å²) < 4.78 is 6.57. The average molecular weight is 391 g/mol. The Bertz CT molecular complexity index is 1060. The Balaban J connectivity index is 1.60. The van der Waals surface area contributed by atoms with Crippen LogP contribution in [-0.2, 0) is 11.3 Å². The van der Waals surface area contributed by atoms with Crippen LogP contribution in [0.25, 0.3) is 11.3 Å². The molecule has 1 amide bonds. The summed E-state index contributed by atoms with van der Waals surface area (Å²) in [7, 11) is 1.61. The summed E-state index contributed by atoms with van der Waals surface area (Å²) in [6.07, 6.45) is 0.837. The van der Waals surface area contributed by atoms with Crippen molar-refractivity contribution in [3.05, 3.63) is 76.1 Å². The highest BCUT2D eigenvalue weighted by molar-refractivity contribution is 5.90. The molecule has 150 valence electrons. The van der Waals surface area contributed by atoms with E-state index in [0.29, 0.717) is 25.1 Å². The summed E-state index contributed by atoms with van der Waals surface area (Å²) in [5.74, 6) is 0.685. The van der Waals surface area contributed by atoms with Crippen molar-refractivity contribution in [3.8, 4) is 17.0 Å². The Labute approximate surface area is 170 Å². The highest BCUT2D eigenvalue weighted by Crippen LogP contribution is 2.19. The maximum absolute atomic E-state index is 12.2. The normalized spacial score (nSPS) is 10.6. The number of aryl methyl sites for hydroxylation is 3. The number of anilines is 1. The molecule has 0 bridgehead atoms. The fourth-order valence-electron chi connectivity index (χ4n) is 2.96. The van der Waals surface area contributed by atoms with Gasteiger partial charge in [-0.25, -0.2) is 4.68 Å². The molecule has 0 radical (unpaired) electrons. The van der Waals surface area contributed by atoms with Crippen LogP contribution in [0.15, 0.2) is 59.4 Å². The van der Waals surface area contributed by atoms with Crippen LogP contribution in [0.1, 0.15) is 24.0 Å². The summed E-state index contributed by atoms with van der Waals surface area (Å²) >= 11 is 0. The quantitative estimate of drug-likeness (QED) is 0.662. The fourth-order valence-corrected chi connectivity index (χ4v) is 2.96. The minimum absolute atomic E-state index is 0.0763. The lowest BCUT2D eigenvalue weighted by atomic mass is 10.1. The third-order valence-corrected chi connectivity index (χ3v) is 4.82. The first-order valence-electron chi connectivity index (χ1n) is 9.56. The lowest BCUT2D eigenvalue weighted by molar-refractivity contribution is -0.116. The van der Waals surface area contributed by atoms with Crippen molar-refractivity contribution in [1.82, 2.24) is 9.78 Å². The Morgan fingerprint density at radius 3 is 2.48 bits per heavy atom. The lowest BCUT2D eigenvalue weighted by Gasteiger charge is -2.09. The van der Waals surface area contributed by atoms with Crippen LogP contribution in [0.5, 0.6) is 5.75 Å². The van der Waals surface area contributed by atoms with Crippen molar-refractivity contribution >= 4 is 11.6 Å². The predicted octanol–water partition coefficient (Wildman–Crippen LogP) is 3.95. The van der Waals surface area contributed by atoms with E-state index in [1.54, 1.807) is 13.2 Å². The second-order valence-electron chi connectivity index (χ2n) is 6.96. The van der Waals surface area contributed by atoms with Gasteiger partial charge in [0.05, 0.1) is 12.8 Å². The molecule has 0 saturated heterocycles. The van der Waals surface area contributed by atoms with Gasteiger partial charge < -0.3 is 10.1 Å². The van der Waals surface area contributed by atoms with E-state index in [4.69, 9.17) is 4.74 Å². The molecule has 1 heterocycles. The van der Waals surface area contributed by atoms with Crippen LogP contribution in [-0.4, -0.2) is 22.8 Å². The molecule has 0 aliphatic rings. The van der Waals surface area contributed by atoms with Crippen LogP contribution in [0.4, 0.5) is 5.69 Å². The van der Waals surface area contributed by atoms with E-state index in [1.165, 1.54) is 16.3 Å². The zero-order chi connectivity index (χ0) is 20.8. The van der Waals surface area contributed by atoms with E-state index < -0.39 is 0 Å². The van der Waals surface area contributed by atoms with E-state index in [9.17, 15) is 9.59 Å². The van der Waals surface area contributed by atoms with E-state index in [0.717, 1.165) is 22.6 Å². The molecule has 0 aliphatic carbocycles. The monoisotopic (exact) mass is 391 g/mol. The minimum atomic E-state index is -0.183. The van der Waals surface area contributed by atoms with E-state index in [2.05, 4.69) is 10.4 Å². The maximum Gasteiger partial charge on any atom is 0.266 e. The molecule has 2 aromatic carbocycles. The molecular weight excluding hydrogens is 366 g/mol. The molecule has 0 aliphatic heterocycles. The standard InChI is InChI=1S/C23H25N3O3/c1-16-6-9-19(15-17(16)2)24-22(27)5-4-14-26-23(28)13-12-21(25-26)18-7-10-20(29-3)11-8-18/h6-13,15H,4-5,14H2,1-3H3,(H,24,27). The summed E-state index contributed by atoms with van der Waals surface area (Å²) in [4.78, 5) is 24.3. The van der Waals surface area contributed by atoms with Crippen LogP contribution < -0.4 is 15.6 Å². The number of carbonyl (C=O) groups is 1. The molecule has 3 aromatic rings. The first kappa shape index (κ1) is 20.3. The summed E-state index contributed by atoms with van der Waals surface area (Å²) in [6, 6.07) is 16.5. The number of nitrogens with zero attached hydrogens (tertiary/aromatic N) is 2. The zero-order valence-electron chi connectivity index (χ0n) is 16.9. The highest BCUT2D eigenvalue weighted by Gasteiger charge is 2.07. The van der Waals surface area contributed by atoms with Crippen molar-refractivity contribution in [2.45, 2.75) is 33.2 Å². The summed E-state index contributed by atoms with van der Waals surface area (Å²) in [5, 5.41) is 7.33. The van der Waals surface area contributed by atoms with Gasteiger partial charge in [-0.05, 0) is 73.9 Å².